The summed E-state index contributed by atoms with van der Waals surface area (Å²) in [6, 6.07) is 5.67. The van der Waals surface area contributed by atoms with Crippen molar-refractivity contribution >= 4 is 27.2 Å². The number of carbonyl (C=O) groups is 1. The molecule has 0 aliphatic carbocycles. The molecule has 1 N–H and O–H groups in total. The summed E-state index contributed by atoms with van der Waals surface area (Å²) in [4.78, 5) is 16.8. The fourth-order valence-electron chi connectivity index (χ4n) is 5.29. The van der Waals surface area contributed by atoms with Gasteiger partial charge in [0.25, 0.3) is 5.91 Å². The highest BCUT2D eigenvalue weighted by Gasteiger charge is 2.44. The van der Waals surface area contributed by atoms with Crippen molar-refractivity contribution in [1.82, 2.24) is 19.4 Å². The molecular formula is C22H26F3N5O2S. The van der Waals surface area contributed by atoms with Crippen LogP contribution < -0.4 is 4.90 Å². The van der Waals surface area contributed by atoms with Gasteiger partial charge in [-0.15, -0.1) is 0 Å². The Balaban J connectivity index is 1.28. The number of aromatic nitrogens is 2. The van der Waals surface area contributed by atoms with Crippen molar-refractivity contribution in [3.8, 4) is 0 Å². The van der Waals surface area contributed by atoms with E-state index in [2.05, 4.69) is 16.1 Å². The van der Waals surface area contributed by atoms with Crippen LogP contribution in [0.5, 0.6) is 0 Å². The number of likely N-dealkylation sites (tertiary alicyclic amines) is 1. The number of halogens is 3. The molecule has 2 aromatic rings. The van der Waals surface area contributed by atoms with Crippen LogP contribution in [0.3, 0.4) is 0 Å². The van der Waals surface area contributed by atoms with Crippen molar-refractivity contribution < 1.29 is 22.2 Å². The monoisotopic (exact) mass is 481 g/mol. The van der Waals surface area contributed by atoms with E-state index in [1.54, 1.807) is 26.4 Å². The Morgan fingerprint density at radius 3 is 2.48 bits per heavy atom. The molecule has 5 rings (SSSR count). The van der Waals surface area contributed by atoms with Gasteiger partial charge in [0.2, 0.25) is 0 Å². The van der Waals surface area contributed by atoms with E-state index >= 15 is 0 Å². The Kier molecular flexibility index (Phi) is 5.24. The predicted octanol–water partition coefficient (Wildman–Crippen LogP) is 2.26. The second kappa shape index (κ2) is 7.76. The van der Waals surface area contributed by atoms with Gasteiger partial charge >= 0.3 is 6.18 Å². The smallest absolute Gasteiger partial charge is 0.370 e. The maximum Gasteiger partial charge on any atom is 0.418 e. The van der Waals surface area contributed by atoms with Gasteiger partial charge in [-0.3, -0.25) is 14.1 Å². The second-order valence-electron chi connectivity index (χ2n) is 9.25. The number of hydrogen-bond donors (Lipinski definition) is 1. The minimum atomic E-state index is -4.40. The zero-order valence-corrected chi connectivity index (χ0v) is 19.1. The molecule has 0 spiro atoms. The lowest BCUT2D eigenvalue weighted by atomic mass is 10.0. The summed E-state index contributed by atoms with van der Waals surface area (Å²) in [6.45, 7) is 2.94. The maximum atomic E-state index is 13.4. The van der Waals surface area contributed by atoms with Crippen LogP contribution in [0.25, 0.3) is 0 Å². The first-order valence-electron chi connectivity index (χ1n) is 10.9. The van der Waals surface area contributed by atoms with Crippen LogP contribution >= 0.6 is 0 Å². The fraction of sp³-hybridized carbons (Fsp3) is 0.500. The van der Waals surface area contributed by atoms with E-state index in [1.165, 1.54) is 12.1 Å². The number of carbonyl (C=O) groups excluding carboxylic acids is 1. The fourth-order valence-corrected chi connectivity index (χ4v) is 6.17. The topological polar surface area (TPSA) is 72.5 Å². The van der Waals surface area contributed by atoms with Crippen molar-refractivity contribution in [2.45, 2.75) is 19.1 Å². The normalized spacial score (nSPS) is 25.1. The Bertz CT molecular complexity index is 1180. The van der Waals surface area contributed by atoms with Crippen LogP contribution in [0.4, 0.5) is 18.9 Å². The van der Waals surface area contributed by atoms with Gasteiger partial charge in [-0.05, 0) is 24.4 Å². The van der Waals surface area contributed by atoms with Gasteiger partial charge in [-0.25, -0.2) is 4.31 Å². The van der Waals surface area contributed by atoms with Gasteiger partial charge in [0.1, 0.15) is 0 Å². The molecular weight excluding hydrogens is 455 g/mol. The summed E-state index contributed by atoms with van der Waals surface area (Å²) in [5, 5.41) is 7.19. The zero-order chi connectivity index (χ0) is 23.5. The second-order valence-corrected chi connectivity index (χ2v) is 11.7. The van der Waals surface area contributed by atoms with Crippen LogP contribution in [-0.2, 0) is 28.8 Å². The number of nitrogens with one attached hydrogen (secondary N) is 1. The van der Waals surface area contributed by atoms with Crippen molar-refractivity contribution in [3.63, 3.8) is 0 Å². The van der Waals surface area contributed by atoms with Crippen molar-refractivity contribution in [2.24, 2.45) is 11.8 Å². The van der Waals surface area contributed by atoms with E-state index in [1.807, 2.05) is 0 Å². The first kappa shape index (κ1) is 22.3. The number of benzene rings is 1. The predicted molar refractivity (Wildman–Crippen MR) is 120 cm³/mol. The summed E-state index contributed by atoms with van der Waals surface area (Å²) in [6.07, 6.45) is -2.24. The Morgan fingerprint density at radius 2 is 1.85 bits per heavy atom. The number of rotatable bonds is 3. The molecule has 7 nitrogen and oxygen atoms in total. The van der Waals surface area contributed by atoms with E-state index in [0.29, 0.717) is 51.4 Å². The summed E-state index contributed by atoms with van der Waals surface area (Å²) in [7, 11) is -2.33. The first-order chi connectivity index (χ1) is 15.5. The van der Waals surface area contributed by atoms with Gasteiger partial charge in [-0.1, -0.05) is 12.1 Å². The van der Waals surface area contributed by atoms with Crippen LogP contribution in [0.15, 0.2) is 24.3 Å². The molecule has 11 heteroatoms. The van der Waals surface area contributed by atoms with Gasteiger partial charge in [0.15, 0.2) is 5.69 Å². The number of nitrogens with zero attached hydrogens (tertiary/aromatic N) is 4. The molecule has 1 aromatic carbocycles. The molecule has 1 unspecified atom stereocenters. The molecule has 1 amide bonds. The average molecular weight is 482 g/mol. The van der Waals surface area contributed by atoms with E-state index in [4.69, 9.17) is 0 Å². The number of amides is 1. The van der Waals surface area contributed by atoms with E-state index in [-0.39, 0.29) is 23.4 Å². The number of alkyl halides is 3. The molecule has 3 atom stereocenters. The number of fused-ring (bicyclic) bond motifs is 2. The van der Waals surface area contributed by atoms with Gasteiger partial charge in [0, 0.05) is 71.8 Å². The molecule has 178 valence electrons. The quantitative estimate of drug-likeness (QED) is 0.683. The van der Waals surface area contributed by atoms with E-state index in [0.717, 1.165) is 17.3 Å². The van der Waals surface area contributed by atoms with Gasteiger partial charge in [-0.2, -0.15) is 18.3 Å². The summed E-state index contributed by atoms with van der Waals surface area (Å²) in [5.74, 6) is 3.82. The SMILES string of the molecule is C=S(C)(=O)N1CCc2c(C(=O)N3C[C@@H]4CN(c5ccccc5C(F)(F)F)C[C@@H]4C3)n[nH]c2C1. The molecule has 2 saturated heterocycles. The number of H-pyrrole nitrogens is 1. The molecule has 0 radical (unpaired) electrons. The van der Waals surface area contributed by atoms with Crippen LogP contribution in [0.2, 0.25) is 0 Å². The molecule has 3 aliphatic heterocycles. The lowest BCUT2D eigenvalue weighted by Crippen LogP contribution is -2.37. The molecule has 0 saturated carbocycles. The highest BCUT2D eigenvalue weighted by Crippen LogP contribution is 2.41. The summed E-state index contributed by atoms with van der Waals surface area (Å²) >= 11 is 0. The highest BCUT2D eigenvalue weighted by molar-refractivity contribution is 7.97. The van der Waals surface area contributed by atoms with Crippen molar-refractivity contribution in [1.29, 1.82) is 0 Å². The number of aromatic amines is 1. The molecule has 4 heterocycles. The third-order valence-electron chi connectivity index (χ3n) is 6.97. The van der Waals surface area contributed by atoms with E-state index in [9.17, 15) is 22.2 Å². The third kappa shape index (κ3) is 4.01. The van der Waals surface area contributed by atoms with Crippen LogP contribution in [-0.4, -0.2) is 74.4 Å². The zero-order valence-electron chi connectivity index (χ0n) is 18.3. The average Bonchev–Trinajstić information content (AvgIpc) is 3.44. The van der Waals surface area contributed by atoms with Crippen LogP contribution in [0, 0.1) is 11.8 Å². The molecule has 1 aromatic heterocycles. The Morgan fingerprint density at radius 1 is 1.18 bits per heavy atom. The van der Waals surface area contributed by atoms with E-state index < -0.39 is 21.4 Å². The Labute approximate surface area is 190 Å². The lowest BCUT2D eigenvalue weighted by molar-refractivity contribution is -0.137. The minimum absolute atomic E-state index is 0.122. The molecule has 33 heavy (non-hydrogen) atoms. The standard InChI is InChI=1S/C22H26F3N5O2S/c1-33(2,32)30-8-7-16-18(13-30)26-27-20(16)21(31)29-11-14-9-28(10-15(14)12-29)19-6-4-3-5-17(19)22(23,24)25/h3-6,14-15H,1,7-13H2,2H3,(H,26,27)/t14-,15+,33?. The van der Waals surface area contributed by atoms with Gasteiger partial charge in [0.05, 0.1) is 17.8 Å². The molecule has 0 bridgehead atoms. The minimum Gasteiger partial charge on any atom is -0.370 e. The summed E-state index contributed by atoms with van der Waals surface area (Å²) in [5.41, 5.74) is 1.64. The number of para-hydroxylation sites is 1. The van der Waals surface area contributed by atoms with Crippen molar-refractivity contribution in [3.05, 3.63) is 46.8 Å². The first-order valence-corrected chi connectivity index (χ1v) is 13.0. The van der Waals surface area contributed by atoms with Crippen molar-refractivity contribution in [2.75, 3.05) is 43.9 Å². The van der Waals surface area contributed by atoms with Crippen LogP contribution in [0.1, 0.15) is 27.3 Å². The highest BCUT2D eigenvalue weighted by atomic mass is 32.2. The third-order valence-corrected chi connectivity index (χ3v) is 8.37. The Hall–Kier alpha value is -2.53. The number of anilines is 1. The number of hydrogen-bond acceptors (Lipinski definition) is 4. The summed E-state index contributed by atoms with van der Waals surface area (Å²) < 4.78 is 54.3. The molecule has 2 fully saturated rings. The molecule has 3 aliphatic rings. The largest absolute Gasteiger partial charge is 0.418 e. The van der Waals surface area contributed by atoms with Gasteiger partial charge < -0.3 is 9.80 Å². The maximum absolute atomic E-state index is 13.4. The lowest BCUT2D eigenvalue weighted by Gasteiger charge is -2.28.